The van der Waals surface area contributed by atoms with Gasteiger partial charge in [0.05, 0.1) is 19.3 Å². The van der Waals surface area contributed by atoms with Crippen molar-refractivity contribution in [3.05, 3.63) is 36.0 Å². The van der Waals surface area contributed by atoms with E-state index in [0.717, 1.165) is 11.1 Å². The zero-order valence-electron chi connectivity index (χ0n) is 8.98. The van der Waals surface area contributed by atoms with Gasteiger partial charge < -0.3 is 20.5 Å². The zero-order chi connectivity index (χ0) is 11.4. The SMILES string of the molecule is OCC(CO)NCc1ccc2cc[nH]c2c1. The zero-order valence-corrected chi connectivity index (χ0v) is 8.98. The molecule has 1 aromatic heterocycles. The Hall–Kier alpha value is -1.36. The quantitative estimate of drug-likeness (QED) is 0.597. The summed E-state index contributed by atoms with van der Waals surface area (Å²) in [6, 6.07) is 7.93. The average molecular weight is 220 g/mol. The molecule has 0 unspecified atom stereocenters. The van der Waals surface area contributed by atoms with E-state index in [-0.39, 0.29) is 19.3 Å². The van der Waals surface area contributed by atoms with Gasteiger partial charge in [0.15, 0.2) is 0 Å². The number of nitrogens with one attached hydrogen (secondary N) is 2. The van der Waals surface area contributed by atoms with Gasteiger partial charge in [0.25, 0.3) is 0 Å². The molecule has 86 valence electrons. The van der Waals surface area contributed by atoms with Gasteiger partial charge in [0.2, 0.25) is 0 Å². The smallest absolute Gasteiger partial charge is 0.0607 e. The van der Waals surface area contributed by atoms with Crippen molar-refractivity contribution in [1.82, 2.24) is 10.3 Å². The van der Waals surface area contributed by atoms with Crippen LogP contribution in [0.3, 0.4) is 0 Å². The topological polar surface area (TPSA) is 68.3 Å². The van der Waals surface area contributed by atoms with Gasteiger partial charge in [-0.2, -0.15) is 0 Å². The molecule has 0 fully saturated rings. The maximum absolute atomic E-state index is 8.91. The van der Waals surface area contributed by atoms with Crippen molar-refractivity contribution < 1.29 is 10.2 Å². The number of hydrogen-bond donors (Lipinski definition) is 4. The summed E-state index contributed by atoms with van der Waals surface area (Å²) in [5.41, 5.74) is 2.23. The highest BCUT2D eigenvalue weighted by Gasteiger charge is 2.04. The van der Waals surface area contributed by atoms with Gasteiger partial charge in [-0.3, -0.25) is 0 Å². The monoisotopic (exact) mass is 220 g/mol. The van der Waals surface area contributed by atoms with Crippen molar-refractivity contribution in [2.75, 3.05) is 13.2 Å². The minimum Gasteiger partial charge on any atom is -0.395 e. The Morgan fingerprint density at radius 3 is 2.75 bits per heavy atom. The fourth-order valence-electron chi connectivity index (χ4n) is 1.65. The molecule has 0 radical (unpaired) electrons. The Kier molecular flexibility index (Phi) is 3.56. The first-order chi connectivity index (χ1) is 7.83. The molecule has 0 spiro atoms. The van der Waals surface area contributed by atoms with E-state index in [1.807, 2.05) is 18.3 Å². The van der Waals surface area contributed by atoms with Crippen molar-refractivity contribution in [2.45, 2.75) is 12.6 Å². The normalized spacial score (nSPS) is 11.4. The molecule has 0 bridgehead atoms. The lowest BCUT2D eigenvalue weighted by atomic mass is 10.1. The molecule has 2 rings (SSSR count). The summed E-state index contributed by atoms with van der Waals surface area (Å²) in [4.78, 5) is 3.15. The van der Waals surface area contributed by atoms with Gasteiger partial charge >= 0.3 is 0 Å². The number of aliphatic hydroxyl groups excluding tert-OH is 2. The van der Waals surface area contributed by atoms with Crippen molar-refractivity contribution in [3.63, 3.8) is 0 Å². The highest BCUT2D eigenvalue weighted by atomic mass is 16.3. The first kappa shape index (κ1) is 11.1. The van der Waals surface area contributed by atoms with Crippen LogP contribution in [0.15, 0.2) is 30.5 Å². The Morgan fingerprint density at radius 1 is 1.19 bits per heavy atom. The van der Waals surface area contributed by atoms with Crippen LogP contribution in [-0.2, 0) is 6.54 Å². The van der Waals surface area contributed by atoms with Crippen molar-refractivity contribution >= 4 is 10.9 Å². The molecule has 1 aromatic carbocycles. The van der Waals surface area contributed by atoms with Gasteiger partial charge in [0, 0.05) is 18.3 Å². The number of benzene rings is 1. The van der Waals surface area contributed by atoms with Crippen LogP contribution >= 0.6 is 0 Å². The number of H-pyrrole nitrogens is 1. The predicted octanol–water partition coefficient (Wildman–Crippen LogP) is 0.611. The third kappa shape index (κ3) is 2.41. The Balaban J connectivity index is 2.03. The predicted molar refractivity (Wildman–Crippen MR) is 63.1 cm³/mol. The summed E-state index contributed by atoms with van der Waals surface area (Å²) in [7, 11) is 0. The molecule has 4 N–H and O–H groups in total. The van der Waals surface area contributed by atoms with E-state index in [4.69, 9.17) is 10.2 Å². The minimum atomic E-state index is -0.251. The largest absolute Gasteiger partial charge is 0.395 e. The van der Waals surface area contributed by atoms with Crippen molar-refractivity contribution in [2.24, 2.45) is 0 Å². The van der Waals surface area contributed by atoms with Gasteiger partial charge in [-0.15, -0.1) is 0 Å². The van der Waals surface area contributed by atoms with E-state index >= 15 is 0 Å². The second kappa shape index (κ2) is 5.12. The number of fused-ring (bicyclic) bond motifs is 1. The van der Waals surface area contributed by atoms with Crippen molar-refractivity contribution in [1.29, 1.82) is 0 Å². The Bertz CT molecular complexity index is 449. The van der Waals surface area contributed by atoms with Crippen LogP contribution in [0.5, 0.6) is 0 Å². The van der Waals surface area contributed by atoms with Gasteiger partial charge in [-0.1, -0.05) is 12.1 Å². The van der Waals surface area contributed by atoms with E-state index in [1.54, 1.807) is 0 Å². The van der Waals surface area contributed by atoms with Gasteiger partial charge in [-0.05, 0) is 23.1 Å². The van der Waals surface area contributed by atoms with Gasteiger partial charge in [-0.25, -0.2) is 0 Å². The fourth-order valence-corrected chi connectivity index (χ4v) is 1.65. The van der Waals surface area contributed by atoms with Crippen LogP contribution in [0.4, 0.5) is 0 Å². The Labute approximate surface area is 93.9 Å². The molecular formula is C12H16N2O2. The third-order valence-corrected chi connectivity index (χ3v) is 2.66. The first-order valence-corrected chi connectivity index (χ1v) is 5.34. The lowest BCUT2D eigenvalue weighted by Gasteiger charge is -2.13. The molecule has 4 nitrogen and oxygen atoms in total. The highest BCUT2D eigenvalue weighted by molar-refractivity contribution is 5.79. The standard InChI is InChI=1S/C12H16N2O2/c15-7-11(8-16)14-6-9-1-2-10-3-4-13-12(10)5-9/h1-5,11,13-16H,6-8H2. The maximum atomic E-state index is 8.91. The third-order valence-electron chi connectivity index (χ3n) is 2.66. The molecule has 0 aliphatic carbocycles. The molecule has 0 aliphatic heterocycles. The van der Waals surface area contributed by atoms with Crippen LogP contribution in [0, 0.1) is 0 Å². The van der Waals surface area contributed by atoms with E-state index in [9.17, 15) is 0 Å². The average Bonchev–Trinajstić information content (AvgIpc) is 2.77. The molecule has 0 amide bonds. The van der Waals surface area contributed by atoms with E-state index < -0.39 is 0 Å². The second-order valence-corrected chi connectivity index (χ2v) is 3.84. The summed E-state index contributed by atoms with van der Waals surface area (Å²) in [5, 5.41) is 22.1. The molecular weight excluding hydrogens is 204 g/mol. The molecule has 0 saturated carbocycles. The summed E-state index contributed by atoms with van der Waals surface area (Å²) in [6.45, 7) is 0.531. The van der Waals surface area contributed by atoms with Crippen LogP contribution in [0.2, 0.25) is 0 Å². The van der Waals surface area contributed by atoms with Crippen LogP contribution < -0.4 is 5.32 Å². The van der Waals surface area contributed by atoms with E-state index in [0.29, 0.717) is 6.54 Å². The van der Waals surface area contributed by atoms with E-state index in [1.165, 1.54) is 5.39 Å². The Morgan fingerprint density at radius 2 is 2.00 bits per heavy atom. The molecule has 1 heterocycles. The van der Waals surface area contributed by atoms with Crippen LogP contribution in [0.25, 0.3) is 10.9 Å². The molecule has 16 heavy (non-hydrogen) atoms. The van der Waals surface area contributed by atoms with Crippen LogP contribution in [0.1, 0.15) is 5.56 Å². The summed E-state index contributed by atoms with van der Waals surface area (Å²) in [6.07, 6.45) is 1.91. The van der Waals surface area contributed by atoms with Gasteiger partial charge in [0.1, 0.15) is 0 Å². The fraction of sp³-hybridized carbons (Fsp3) is 0.333. The number of aromatic amines is 1. The van der Waals surface area contributed by atoms with Crippen LogP contribution in [-0.4, -0.2) is 34.5 Å². The summed E-state index contributed by atoms with van der Waals surface area (Å²) in [5.74, 6) is 0. The minimum absolute atomic E-state index is 0.0543. The molecule has 4 heteroatoms. The number of aliphatic hydroxyl groups is 2. The lowest BCUT2D eigenvalue weighted by Crippen LogP contribution is -2.35. The molecule has 2 aromatic rings. The molecule has 0 atom stereocenters. The first-order valence-electron chi connectivity index (χ1n) is 5.34. The highest BCUT2D eigenvalue weighted by Crippen LogP contribution is 2.13. The number of rotatable bonds is 5. The summed E-state index contributed by atoms with van der Waals surface area (Å²) < 4.78 is 0. The number of aromatic nitrogens is 1. The molecule has 0 aliphatic rings. The van der Waals surface area contributed by atoms with Crippen molar-refractivity contribution in [3.8, 4) is 0 Å². The summed E-state index contributed by atoms with van der Waals surface area (Å²) >= 11 is 0. The molecule has 0 saturated heterocycles. The number of hydrogen-bond acceptors (Lipinski definition) is 3. The van der Waals surface area contributed by atoms with E-state index in [2.05, 4.69) is 22.4 Å². The maximum Gasteiger partial charge on any atom is 0.0607 e. The second-order valence-electron chi connectivity index (χ2n) is 3.84. The lowest BCUT2D eigenvalue weighted by molar-refractivity contribution is 0.170.